The van der Waals surface area contributed by atoms with Crippen LogP contribution < -0.4 is 10.6 Å². The molecule has 1 amide bonds. The van der Waals surface area contributed by atoms with Gasteiger partial charge in [0.15, 0.2) is 0 Å². The first-order valence-electron chi connectivity index (χ1n) is 6.38. The van der Waals surface area contributed by atoms with Crippen molar-refractivity contribution in [2.24, 2.45) is 11.8 Å². The predicted molar refractivity (Wildman–Crippen MR) is 69.8 cm³/mol. The Balaban J connectivity index is 1.95. The maximum Gasteiger partial charge on any atom is 0.229 e. The van der Waals surface area contributed by atoms with Crippen LogP contribution in [0.4, 0.5) is 5.69 Å². The molecule has 2 atom stereocenters. The van der Waals surface area contributed by atoms with Gasteiger partial charge in [-0.25, -0.2) is 0 Å². The number of hydrogen-bond acceptors (Lipinski definition) is 2. The highest BCUT2D eigenvalue weighted by atomic mass is 16.1. The maximum absolute atomic E-state index is 12.1. The van der Waals surface area contributed by atoms with E-state index in [-0.39, 0.29) is 11.8 Å². The number of benzene rings is 1. The quantitative estimate of drug-likeness (QED) is 0.836. The van der Waals surface area contributed by atoms with Crippen molar-refractivity contribution in [1.82, 2.24) is 5.32 Å². The lowest BCUT2D eigenvalue weighted by Crippen LogP contribution is -2.28. The normalized spacial score (nSPS) is 23.6. The Bertz CT molecular complexity index is 364. The molecular weight excluding hydrogens is 212 g/mol. The molecule has 17 heavy (non-hydrogen) atoms. The van der Waals surface area contributed by atoms with Crippen molar-refractivity contribution in [3.8, 4) is 0 Å². The van der Waals surface area contributed by atoms with Crippen molar-refractivity contribution in [2.45, 2.75) is 19.8 Å². The fourth-order valence-corrected chi connectivity index (χ4v) is 2.47. The van der Waals surface area contributed by atoms with E-state index in [0.717, 1.165) is 31.6 Å². The Morgan fingerprint density at radius 3 is 2.82 bits per heavy atom. The molecule has 0 aliphatic carbocycles. The van der Waals surface area contributed by atoms with E-state index in [1.54, 1.807) is 0 Å². The highest BCUT2D eigenvalue weighted by molar-refractivity contribution is 5.93. The Morgan fingerprint density at radius 2 is 2.12 bits per heavy atom. The molecule has 1 fully saturated rings. The molecule has 92 valence electrons. The van der Waals surface area contributed by atoms with E-state index < -0.39 is 0 Å². The first-order chi connectivity index (χ1) is 8.31. The molecular formula is C14H20N2O. The third-order valence-corrected chi connectivity index (χ3v) is 3.38. The third kappa shape index (κ3) is 3.07. The van der Waals surface area contributed by atoms with Gasteiger partial charge in [-0.3, -0.25) is 4.79 Å². The first kappa shape index (κ1) is 12.1. The van der Waals surface area contributed by atoms with Gasteiger partial charge in [-0.1, -0.05) is 31.5 Å². The molecule has 1 aromatic carbocycles. The fourth-order valence-electron chi connectivity index (χ4n) is 2.47. The van der Waals surface area contributed by atoms with Crippen molar-refractivity contribution in [3.05, 3.63) is 30.3 Å². The molecule has 3 nitrogen and oxygen atoms in total. The first-order valence-corrected chi connectivity index (χ1v) is 6.38. The van der Waals surface area contributed by atoms with Crippen molar-refractivity contribution >= 4 is 11.6 Å². The van der Waals surface area contributed by atoms with E-state index in [4.69, 9.17) is 0 Å². The van der Waals surface area contributed by atoms with Crippen molar-refractivity contribution < 1.29 is 4.79 Å². The summed E-state index contributed by atoms with van der Waals surface area (Å²) in [6, 6.07) is 9.68. The summed E-state index contributed by atoms with van der Waals surface area (Å²) in [6.07, 6.45) is 2.27. The summed E-state index contributed by atoms with van der Waals surface area (Å²) < 4.78 is 0. The van der Waals surface area contributed by atoms with Crippen LogP contribution in [-0.2, 0) is 4.79 Å². The molecule has 0 bridgehead atoms. The summed E-state index contributed by atoms with van der Waals surface area (Å²) >= 11 is 0. The lowest BCUT2D eigenvalue weighted by molar-refractivity contribution is -0.120. The lowest BCUT2D eigenvalue weighted by Gasteiger charge is -2.17. The van der Waals surface area contributed by atoms with E-state index in [1.165, 1.54) is 0 Å². The molecule has 0 aromatic heterocycles. The summed E-state index contributed by atoms with van der Waals surface area (Å²) in [4.78, 5) is 12.1. The second-order valence-corrected chi connectivity index (χ2v) is 4.67. The smallest absolute Gasteiger partial charge is 0.229 e. The summed E-state index contributed by atoms with van der Waals surface area (Å²) in [7, 11) is 0. The topological polar surface area (TPSA) is 41.1 Å². The molecule has 1 heterocycles. The highest BCUT2D eigenvalue weighted by Crippen LogP contribution is 2.23. The Hall–Kier alpha value is -1.35. The van der Waals surface area contributed by atoms with Gasteiger partial charge in [0.2, 0.25) is 5.91 Å². The van der Waals surface area contributed by atoms with Crippen LogP contribution in [0.25, 0.3) is 0 Å². The van der Waals surface area contributed by atoms with Crippen molar-refractivity contribution in [3.63, 3.8) is 0 Å². The summed E-state index contributed by atoms with van der Waals surface area (Å²) in [6.45, 7) is 3.95. The van der Waals surface area contributed by atoms with E-state index in [2.05, 4.69) is 17.6 Å². The van der Waals surface area contributed by atoms with Gasteiger partial charge in [-0.05, 0) is 31.0 Å². The molecule has 3 heteroatoms. The Labute approximate surface area is 103 Å². The van der Waals surface area contributed by atoms with Crippen molar-refractivity contribution in [2.75, 3.05) is 18.4 Å². The van der Waals surface area contributed by atoms with Gasteiger partial charge >= 0.3 is 0 Å². The lowest BCUT2D eigenvalue weighted by atomic mass is 9.91. The Kier molecular flexibility index (Phi) is 4.15. The minimum atomic E-state index is 0.121. The van der Waals surface area contributed by atoms with Crippen molar-refractivity contribution in [1.29, 1.82) is 0 Å². The highest BCUT2D eigenvalue weighted by Gasteiger charge is 2.31. The summed E-state index contributed by atoms with van der Waals surface area (Å²) in [5.41, 5.74) is 0.889. The van der Waals surface area contributed by atoms with Crippen LogP contribution in [0.2, 0.25) is 0 Å². The Morgan fingerprint density at radius 1 is 1.35 bits per heavy atom. The largest absolute Gasteiger partial charge is 0.326 e. The number of carbonyl (C=O) groups excluding carboxylic acids is 1. The molecule has 2 rings (SSSR count). The number of anilines is 1. The zero-order valence-corrected chi connectivity index (χ0v) is 10.3. The second-order valence-electron chi connectivity index (χ2n) is 4.67. The van der Waals surface area contributed by atoms with Gasteiger partial charge < -0.3 is 10.6 Å². The maximum atomic E-state index is 12.1. The zero-order chi connectivity index (χ0) is 12.1. The monoisotopic (exact) mass is 232 g/mol. The number of carbonyl (C=O) groups is 1. The van der Waals surface area contributed by atoms with Crippen LogP contribution in [0.5, 0.6) is 0 Å². The van der Waals surface area contributed by atoms with E-state index >= 15 is 0 Å². The van der Waals surface area contributed by atoms with Gasteiger partial charge in [-0.2, -0.15) is 0 Å². The number of para-hydroxylation sites is 1. The molecule has 2 N–H and O–H groups in total. The van der Waals surface area contributed by atoms with Gasteiger partial charge in [0.05, 0.1) is 5.92 Å². The summed E-state index contributed by atoms with van der Waals surface area (Å²) in [5, 5.41) is 6.31. The minimum absolute atomic E-state index is 0.121. The molecule has 1 saturated heterocycles. The van der Waals surface area contributed by atoms with E-state index in [0.29, 0.717) is 5.92 Å². The number of nitrogens with one attached hydrogen (secondary N) is 2. The SMILES string of the molecule is CCCC1CNCC1C(=O)Nc1ccccc1. The predicted octanol–water partition coefficient (Wildman–Crippen LogP) is 2.26. The van der Waals surface area contributed by atoms with Gasteiger partial charge in [-0.15, -0.1) is 0 Å². The average Bonchev–Trinajstić information content (AvgIpc) is 2.79. The number of rotatable bonds is 4. The fraction of sp³-hybridized carbons (Fsp3) is 0.500. The number of hydrogen-bond donors (Lipinski definition) is 2. The molecule has 1 aromatic rings. The van der Waals surface area contributed by atoms with E-state index in [1.807, 2.05) is 30.3 Å². The van der Waals surface area contributed by atoms with Gasteiger partial charge in [0.1, 0.15) is 0 Å². The molecule has 1 aliphatic heterocycles. The van der Waals surface area contributed by atoms with Crippen LogP contribution in [0.15, 0.2) is 30.3 Å². The standard InChI is InChI=1S/C14H20N2O/c1-2-6-11-9-15-10-13(11)14(17)16-12-7-4-3-5-8-12/h3-5,7-8,11,13,15H,2,6,9-10H2,1H3,(H,16,17). The van der Waals surface area contributed by atoms with Crippen LogP contribution in [-0.4, -0.2) is 19.0 Å². The van der Waals surface area contributed by atoms with E-state index in [9.17, 15) is 4.79 Å². The van der Waals surface area contributed by atoms with Crippen LogP contribution in [0.3, 0.4) is 0 Å². The second kappa shape index (κ2) is 5.82. The van der Waals surface area contributed by atoms with Gasteiger partial charge in [0.25, 0.3) is 0 Å². The van der Waals surface area contributed by atoms with Crippen LogP contribution in [0, 0.1) is 11.8 Å². The molecule has 1 aliphatic rings. The van der Waals surface area contributed by atoms with Gasteiger partial charge in [0, 0.05) is 12.2 Å². The third-order valence-electron chi connectivity index (χ3n) is 3.38. The molecule has 0 radical (unpaired) electrons. The molecule has 0 saturated carbocycles. The number of amides is 1. The average molecular weight is 232 g/mol. The minimum Gasteiger partial charge on any atom is -0.326 e. The summed E-state index contributed by atoms with van der Waals surface area (Å²) in [5.74, 6) is 0.763. The van der Waals surface area contributed by atoms with Crippen LogP contribution >= 0.6 is 0 Å². The molecule has 0 spiro atoms. The molecule has 2 unspecified atom stereocenters. The van der Waals surface area contributed by atoms with Crippen LogP contribution in [0.1, 0.15) is 19.8 Å². The zero-order valence-electron chi connectivity index (χ0n) is 10.3.